The van der Waals surface area contributed by atoms with E-state index in [1.54, 1.807) is 0 Å². The Morgan fingerprint density at radius 1 is 1.25 bits per heavy atom. The number of hydrogen-bond acceptors (Lipinski definition) is 2. The first-order valence-electron chi connectivity index (χ1n) is 8.74. The van der Waals surface area contributed by atoms with E-state index < -0.39 is 0 Å². The molecule has 2 aliphatic carbocycles. The van der Waals surface area contributed by atoms with Gasteiger partial charge in [0.05, 0.1) is 5.69 Å². The third-order valence-electron chi connectivity index (χ3n) is 4.86. The fourth-order valence-electron chi connectivity index (χ4n) is 3.52. The van der Waals surface area contributed by atoms with Crippen LogP contribution in [0.4, 0.5) is 0 Å². The summed E-state index contributed by atoms with van der Waals surface area (Å²) in [5.74, 6) is 0.113. The number of carbonyl (C=O) groups excluding carboxylic acids is 2. The third kappa shape index (κ3) is 2.88. The zero-order valence-corrected chi connectivity index (χ0v) is 14.0. The molecule has 0 bridgehead atoms. The van der Waals surface area contributed by atoms with E-state index in [1.807, 2.05) is 16.7 Å². The largest absolute Gasteiger partial charge is 0.348 e. The first-order chi connectivity index (χ1) is 11.6. The summed E-state index contributed by atoms with van der Waals surface area (Å²) in [4.78, 5) is 25.1. The lowest BCUT2D eigenvalue weighted by molar-refractivity contribution is 0.0941. The zero-order chi connectivity index (χ0) is 16.7. The summed E-state index contributed by atoms with van der Waals surface area (Å²) in [7, 11) is 0. The van der Waals surface area contributed by atoms with Gasteiger partial charge in [-0.25, -0.2) is 0 Å². The number of hydrogen-bond donors (Lipinski definition) is 1. The van der Waals surface area contributed by atoms with E-state index in [0.29, 0.717) is 24.7 Å². The summed E-state index contributed by atoms with van der Waals surface area (Å²) >= 11 is 0. The van der Waals surface area contributed by atoms with Gasteiger partial charge in [-0.2, -0.15) is 0 Å². The Kier molecular flexibility index (Phi) is 3.75. The summed E-state index contributed by atoms with van der Waals surface area (Å²) < 4.78 is 1.93. The molecule has 0 aliphatic heterocycles. The Hall–Kier alpha value is -2.36. The van der Waals surface area contributed by atoms with Crippen LogP contribution in [0.1, 0.15) is 63.4 Å². The molecule has 24 heavy (non-hydrogen) atoms. The molecule has 0 unspecified atom stereocenters. The van der Waals surface area contributed by atoms with Crippen LogP contribution in [0, 0.1) is 6.92 Å². The van der Waals surface area contributed by atoms with Gasteiger partial charge in [0.25, 0.3) is 5.91 Å². The number of aryl methyl sites for hydroxylation is 2. The topological polar surface area (TPSA) is 51.1 Å². The van der Waals surface area contributed by atoms with Gasteiger partial charge in [-0.1, -0.05) is 29.8 Å². The molecule has 4 rings (SSSR count). The molecule has 0 atom stereocenters. The van der Waals surface area contributed by atoms with E-state index >= 15 is 0 Å². The lowest BCUT2D eigenvalue weighted by Crippen LogP contribution is -2.28. The number of carbonyl (C=O) groups is 2. The highest BCUT2D eigenvalue weighted by atomic mass is 16.2. The average Bonchev–Trinajstić information content (AvgIpc) is 3.28. The predicted octanol–water partition coefficient (Wildman–Crippen LogP) is 3.26. The van der Waals surface area contributed by atoms with Gasteiger partial charge in [0, 0.05) is 19.0 Å². The summed E-state index contributed by atoms with van der Waals surface area (Å²) in [5.41, 5.74) is 4.70. The highest BCUT2D eigenvalue weighted by Crippen LogP contribution is 2.27. The molecule has 124 valence electrons. The van der Waals surface area contributed by atoms with Crippen molar-refractivity contribution in [3.63, 3.8) is 0 Å². The number of amides is 1. The molecule has 1 saturated carbocycles. The van der Waals surface area contributed by atoms with Crippen molar-refractivity contribution in [3.05, 3.63) is 58.4 Å². The van der Waals surface area contributed by atoms with E-state index in [4.69, 9.17) is 0 Å². The second kappa shape index (κ2) is 5.93. The van der Waals surface area contributed by atoms with Crippen molar-refractivity contribution < 1.29 is 9.59 Å². The number of Topliss-reactive ketones (excluding diaryl/α,β-unsaturated/α-hetero) is 1. The third-order valence-corrected chi connectivity index (χ3v) is 4.86. The van der Waals surface area contributed by atoms with Crippen LogP contribution in [0.15, 0.2) is 30.3 Å². The van der Waals surface area contributed by atoms with Crippen molar-refractivity contribution in [2.45, 2.75) is 51.6 Å². The van der Waals surface area contributed by atoms with Gasteiger partial charge >= 0.3 is 0 Å². The summed E-state index contributed by atoms with van der Waals surface area (Å²) in [5, 5.41) is 3.06. The fraction of sp³-hybridized carbons (Fsp3) is 0.400. The molecule has 1 fully saturated rings. The van der Waals surface area contributed by atoms with Gasteiger partial charge in [0.2, 0.25) is 0 Å². The second-order valence-electron chi connectivity index (χ2n) is 7.00. The quantitative estimate of drug-likeness (QED) is 0.939. The molecule has 2 aliphatic rings. The molecule has 4 heteroatoms. The van der Waals surface area contributed by atoms with Crippen molar-refractivity contribution >= 4 is 11.7 Å². The Labute approximate surface area is 141 Å². The van der Waals surface area contributed by atoms with Crippen molar-refractivity contribution in [3.8, 4) is 0 Å². The van der Waals surface area contributed by atoms with Gasteiger partial charge in [-0.05, 0) is 49.8 Å². The maximum absolute atomic E-state index is 12.7. The van der Waals surface area contributed by atoms with Gasteiger partial charge in [0.1, 0.15) is 5.69 Å². The van der Waals surface area contributed by atoms with Gasteiger partial charge < -0.3 is 9.88 Å². The number of rotatable bonds is 4. The van der Waals surface area contributed by atoms with E-state index in [-0.39, 0.29) is 11.7 Å². The van der Waals surface area contributed by atoms with Crippen LogP contribution < -0.4 is 5.32 Å². The minimum atomic E-state index is -0.0487. The van der Waals surface area contributed by atoms with Crippen LogP contribution in [0.25, 0.3) is 0 Å². The Bertz CT molecular complexity index is 815. The number of nitrogens with zero attached hydrogens (tertiary/aromatic N) is 1. The summed E-state index contributed by atoms with van der Waals surface area (Å²) in [6.45, 7) is 2.62. The van der Waals surface area contributed by atoms with E-state index in [2.05, 4.69) is 30.4 Å². The molecular weight excluding hydrogens is 300 g/mol. The highest BCUT2D eigenvalue weighted by molar-refractivity contribution is 6.01. The molecule has 1 heterocycles. The molecule has 1 N–H and O–H groups in total. The Morgan fingerprint density at radius 3 is 2.83 bits per heavy atom. The predicted molar refractivity (Wildman–Crippen MR) is 92.5 cm³/mol. The first kappa shape index (κ1) is 15.2. The van der Waals surface area contributed by atoms with Crippen molar-refractivity contribution in [1.29, 1.82) is 0 Å². The standard InChI is InChI=1S/C20H22N2O2/c1-13-4-2-5-14(10-13)12-22-17(20(24)21-16-8-9-16)11-15-6-3-7-18(23)19(15)22/h2,4-5,10-11,16H,3,6-9,12H2,1H3,(H,21,24). The summed E-state index contributed by atoms with van der Waals surface area (Å²) in [6, 6.07) is 10.5. The number of ketones is 1. The van der Waals surface area contributed by atoms with Crippen LogP contribution in [-0.4, -0.2) is 22.3 Å². The number of nitrogens with one attached hydrogen (secondary N) is 1. The lowest BCUT2D eigenvalue weighted by atomic mass is 9.97. The van der Waals surface area contributed by atoms with Crippen LogP contribution >= 0.6 is 0 Å². The van der Waals surface area contributed by atoms with Gasteiger partial charge in [0.15, 0.2) is 5.78 Å². The molecule has 0 saturated heterocycles. The molecule has 1 amide bonds. The maximum atomic E-state index is 12.7. The maximum Gasteiger partial charge on any atom is 0.268 e. The molecule has 4 nitrogen and oxygen atoms in total. The normalized spacial score (nSPS) is 16.8. The molecule has 0 radical (unpaired) electrons. The van der Waals surface area contributed by atoms with E-state index in [1.165, 1.54) is 5.56 Å². The van der Waals surface area contributed by atoms with Crippen LogP contribution in [0.2, 0.25) is 0 Å². The van der Waals surface area contributed by atoms with Crippen LogP contribution in [0.5, 0.6) is 0 Å². The minimum absolute atomic E-state index is 0.0487. The molecule has 1 aromatic carbocycles. The number of fused-ring (bicyclic) bond motifs is 1. The first-order valence-corrected chi connectivity index (χ1v) is 8.74. The molecule has 1 aromatic heterocycles. The molecule has 2 aromatic rings. The lowest BCUT2D eigenvalue weighted by Gasteiger charge is -2.16. The van der Waals surface area contributed by atoms with Crippen molar-refractivity contribution in [2.75, 3.05) is 0 Å². The second-order valence-corrected chi connectivity index (χ2v) is 7.00. The summed E-state index contributed by atoms with van der Waals surface area (Å²) in [6.07, 6.45) is 4.45. The zero-order valence-electron chi connectivity index (χ0n) is 14.0. The monoisotopic (exact) mass is 322 g/mol. The Balaban J connectivity index is 1.75. The van der Waals surface area contributed by atoms with Crippen molar-refractivity contribution in [1.82, 2.24) is 9.88 Å². The highest BCUT2D eigenvalue weighted by Gasteiger charge is 2.30. The number of benzene rings is 1. The van der Waals surface area contributed by atoms with Gasteiger partial charge in [-0.15, -0.1) is 0 Å². The van der Waals surface area contributed by atoms with Crippen LogP contribution in [0.3, 0.4) is 0 Å². The molecule has 0 spiro atoms. The smallest absolute Gasteiger partial charge is 0.268 e. The van der Waals surface area contributed by atoms with Gasteiger partial charge in [-0.3, -0.25) is 9.59 Å². The Morgan fingerprint density at radius 2 is 2.08 bits per heavy atom. The minimum Gasteiger partial charge on any atom is -0.348 e. The molecular formula is C20H22N2O2. The fourth-order valence-corrected chi connectivity index (χ4v) is 3.52. The SMILES string of the molecule is Cc1cccc(Cn2c(C(=O)NC3CC3)cc3c2C(=O)CCC3)c1. The van der Waals surface area contributed by atoms with E-state index in [9.17, 15) is 9.59 Å². The van der Waals surface area contributed by atoms with Crippen molar-refractivity contribution in [2.24, 2.45) is 0 Å². The van der Waals surface area contributed by atoms with Crippen LogP contribution in [-0.2, 0) is 13.0 Å². The average molecular weight is 322 g/mol. The van der Waals surface area contributed by atoms with E-state index in [0.717, 1.165) is 42.5 Å². The number of aromatic nitrogens is 1.